The fraction of sp³-hybridized carbons (Fsp3) is 0.476. The van der Waals surface area contributed by atoms with E-state index in [1.165, 1.54) is 12.1 Å². The zero-order valence-electron chi connectivity index (χ0n) is 16.3. The molecule has 4 rings (SSSR count). The zero-order chi connectivity index (χ0) is 20.5. The van der Waals surface area contributed by atoms with Crippen LogP contribution in [0.15, 0.2) is 22.7 Å². The van der Waals surface area contributed by atoms with Gasteiger partial charge in [0.05, 0.1) is 10.6 Å². The Hall–Kier alpha value is -2.41. The molecule has 2 amide bonds. The van der Waals surface area contributed by atoms with E-state index < -0.39 is 5.82 Å². The van der Waals surface area contributed by atoms with Gasteiger partial charge in [-0.1, -0.05) is 22.8 Å². The first-order valence-electron chi connectivity index (χ1n) is 9.96. The number of piperidine rings is 1. The molecule has 2 aliphatic rings. The lowest BCUT2D eigenvalue weighted by Gasteiger charge is -2.33. The zero-order valence-corrected chi connectivity index (χ0v) is 17.0. The third-order valence-corrected chi connectivity index (χ3v) is 6.14. The topological polar surface area (TPSA) is 66.7 Å². The summed E-state index contributed by atoms with van der Waals surface area (Å²) in [5, 5.41) is 4.08. The Morgan fingerprint density at radius 1 is 1.14 bits per heavy atom. The molecular formula is C21H23ClFN3O3. The van der Waals surface area contributed by atoms with E-state index in [2.05, 4.69) is 5.16 Å². The highest BCUT2D eigenvalue weighted by Crippen LogP contribution is 2.34. The highest BCUT2D eigenvalue weighted by molar-refractivity contribution is 6.33. The molecule has 0 spiro atoms. The molecule has 0 bridgehead atoms. The molecule has 2 fully saturated rings. The van der Waals surface area contributed by atoms with Crippen LogP contribution in [-0.2, 0) is 4.79 Å². The summed E-state index contributed by atoms with van der Waals surface area (Å²) >= 11 is 6.16. The van der Waals surface area contributed by atoms with Gasteiger partial charge in [-0.3, -0.25) is 9.59 Å². The molecule has 0 N–H and O–H groups in total. The van der Waals surface area contributed by atoms with E-state index in [4.69, 9.17) is 16.1 Å². The SMILES string of the molecule is Cc1onc(-c2c(F)cccc2Cl)c1C(=O)N1CCC(C(=O)N2CCCC2)CC1. The molecule has 0 unspecified atom stereocenters. The van der Waals surface area contributed by atoms with Gasteiger partial charge in [-0.2, -0.15) is 0 Å². The monoisotopic (exact) mass is 419 g/mol. The van der Waals surface area contributed by atoms with Crippen LogP contribution in [0.25, 0.3) is 11.3 Å². The van der Waals surface area contributed by atoms with Gasteiger partial charge in [0.1, 0.15) is 22.8 Å². The first-order valence-corrected chi connectivity index (χ1v) is 10.3. The van der Waals surface area contributed by atoms with E-state index in [0.717, 1.165) is 25.9 Å². The second kappa shape index (κ2) is 8.14. The summed E-state index contributed by atoms with van der Waals surface area (Å²) in [5.41, 5.74) is 0.403. The van der Waals surface area contributed by atoms with E-state index in [-0.39, 0.29) is 39.6 Å². The highest BCUT2D eigenvalue weighted by Gasteiger charge is 2.34. The molecule has 3 heterocycles. The van der Waals surface area contributed by atoms with Gasteiger partial charge in [0.15, 0.2) is 0 Å². The van der Waals surface area contributed by atoms with Crippen molar-refractivity contribution in [2.24, 2.45) is 5.92 Å². The molecule has 2 aromatic rings. The van der Waals surface area contributed by atoms with Crippen molar-refractivity contribution in [3.05, 3.63) is 40.4 Å². The minimum absolute atomic E-state index is 0.0406. The standard InChI is InChI=1S/C21H23ClFN3O3/c1-13-17(19(24-29-13)18-15(22)5-4-6-16(18)23)21(28)26-11-7-14(8-12-26)20(27)25-9-2-3-10-25/h4-6,14H,2-3,7-12H2,1H3. The number of amides is 2. The normalized spacial score (nSPS) is 17.8. The van der Waals surface area contributed by atoms with Crippen LogP contribution in [-0.4, -0.2) is 52.9 Å². The molecule has 29 heavy (non-hydrogen) atoms. The van der Waals surface area contributed by atoms with Crippen LogP contribution < -0.4 is 0 Å². The second-order valence-corrected chi connectivity index (χ2v) is 8.07. The van der Waals surface area contributed by atoms with Gasteiger partial charge < -0.3 is 14.3 Å². The molecule has 6 nitrogen and oxygen atoms in total. The average Bonchev–Trinajstić information content (AvgIpc) is 3.37. The number of carbonyl (C=O) groups is 2. The van der Waals surface area contributed by atoms with E-state index in [1.807, 2.05) is 4.90 Å². The smallest absolute Gasteiger partial charge is 0.259 e. The van der Waals surface area contributed by atoms with Crippen molar-refractivity contribution >= 4 is 23.4 Å². The fourth-order valence-electron chi connectivity index (χ4n) is 4.20. The Morgan fingerprint density at radius 3 is 2.48 bits per heavy atom. The molecule has 0 atom stereocenters. The van der Waals surface area contributed by atoms with E-state index in [0.29, 0.717) is 31.7 Å². The lowest BCUT2D eigenvalue weighted by molar-refractivity contribution is -0.135. The number of benzene rings is 1. The Balaban J connectivity index is 1.51. The lowest BCUT2D eigenvalue weighted by Crippen LogP contribution is -2.44. The molecule has 1 aromatic heterocycles. The van der Waals surface area contributed by atoms with Gasteiger partial charge in [0.25, 0.3) is 5.91 Å². The van der Waals surface area contributed by atoms with Gasteiger partial charge in [-0.25, -0.2) is 4.39 Å². The van der Waals surface area contributed by atoms with Crippen molar-refractivity contribution in [1.29, 1.82) is 0 Å². The van der Waals surface area contributed by atoms with Crippen molar-refractivity contribution in [3.63, 3.8) is 0 Å². The van der Waals surface area contributed by atoms with E-state index >= 15 is 0 Å². The number of likely N-dealkylation sites (tertiary alicyclic amines) is 2. The number of rotatable bonds is 3. The summed E-state index contributed by atoms with van der Waals surface area (Å²) in [6.45, 7) is 4.24. The van der Waals surface area contributed by atoms with Gasteiger partial charge in [-0.15, -0.1) is 0 Å². The molecule has 0 radical (unpaired) electrons. The number of carbonyl (C=O) groups excluding carboxylic acids is 2. The Labute approximate surface area is 173 Å². The van der Waals surface area contributed by atoms with Crippen LogP contribution in [0.1, 0.15) is 41.8 Å². The summed E-state index contributed by atoms with van der Waals surface area (Å²) < 4.78 is 19.6. The molecule has 0 aliphatic carbocycles. The van der Waals surface area contributed by atoms with Crippen molar-refractivity contribution in [3.8, 4) is 11.3 Å². The van der Waals surface area contributed by atoms with Crippen LogP contribution in [0.2, 0.25) is 5.02 Å². The molecule has 2 saturated heterocycles. The predicted molar refractivity (Wildman–Crippen MR) is 106 cm³/mol. The number of aromatic nitrogens is 1. The summed E-state index contributed by atoms with van der Waals surface area (Å²) in [6, 6.07) is 4.32. The van der Waals surface area contributed by atoms with Gasteiger partial charge >= 0.3 is 0 Å². The Bertz CT molecular complexity index is 911. The minimum atomic E-state index is -0.560. The number of nitrogens with zero attached hydrogens (tertiary/aromatic N) is 3. The van der Waals surface area contributed by atoms with Crippen LogP contribution in [0.5, 0.6) is 0 Å². The number of halogens is 2. The van der Waals surface area contributed by atoms with Gasteiger partial charge in [0, 0.05) is 32.1 Å². The predicted octanol–water partition coefficient (Wildman–Crippen LogP) is 3.92. The molecule has 0 saturated carbocycles. The Kier molecular flexibility index (Phi) is 5.58. The molecular weight excluding hydrogens is 397 g/mol. The van der Waals surface area contributed by atoms with Crippen LogP contribution >= 0.6 is 11.6 Å². The van der Waals surface area contributed by atoms with Crippen LogP contribution in [0.3, 0.4) is 0 Å². The molecule has 154 valence electrons. The third kappa shape index (κ3) is 3.75. The molecule has 1 aromatic carbocycles. The summed E-state index contributed by atoms with van der Waals surface area (Å²) in [4.78, 5) is 29.4. The van der Waals surface area contributed by atoms with Crippen molar-refractivity contribution in [2.45, 2.75) is 32.6 Å². The quantitative estimate of drug-likeness (QED) is 0.756. The first kappa shape index (κ1) is 19.9. The highest BCUT2D eigenvalue weighted by atomic mass is 35.5. The largest absolute Gasteiger partial charge is 0.360 e. The lowest BCUT2D eigenvalue weighted by atomic mass is 9.94. The maximum absolute atomic E-state index is 14.4. The van der Waals surface area contributed by atoms with Crippen LogP contribution in [0.4, 0.5) is 4.39 Å². The number of aryl methyl sites for hydroxylation is 1. The second-order valence-electron chi connectivity index (χ2n) is 7.66. The van der Waals surface area contributed by atoms with Crippen molar-refractivity contribution in [1.82, 2.24) is 15.0 Å². The third-order valence-electron chi connectivity index (χ3n) is 5.83. The number of hydrogen-bond donors (Lipinski definition) is 0. The van der Waals surface area contributed by atoms with E-state index in [9.17, 15) is 14.0 Å². The van der Waals surface area contributed by atoms with Gasteiger partial charge in [-0.05, 0) is 44.7 Å². The Morgan fingerprint density at radius 2 is 1.83 bits per heavy atom. The number of hydrogen-bond acceptors (Lipinski definition) is 4. The van der Waals surface area contributed by atoms with Crippen LogP contribution in [0, 0.1) is 18.7 Å². The molecule has 8 heteroatoms. The summed E-state index contributed by atoms with van der Waals surface area (Å²) in [6.07, 6.45) is 3.39. The van der Waals surface area contributed by atoms with Crippen molar-refractivity contribution in [2.75, 3.05) is 26.2 Å². The van der Waals surface area contributed by atoms with Crippen molar-refractivity contribution < 1.29 is 18.5 Å². The maximum Gasteiger partial charge on any atom is 0.259 e. The summed E-state index contributed by atoms with van der Waals surface area (Å²) in [5.74, 6) is -0.352. The molecule has 2 aliphatic heterocycles. The first-order chi connectivity index (χ1) is 14.0. The summed E-state index contributed by atoms with van der Waals surface area (Å²) in [7, 11) is 0. The van der Waals surface area contributed by atoms with Gasteiger partial charge in [0.2, 0.25) is 5.91 Å². The average molecular weight is 420 g/mol. The fourth-order valence-corrected chi connectivity index (χ4v) is 4.45. The van der Waals surface area contributed by atoms with E-state index in [1.54, 1.807) is 17.9 Å². The maximum atomic E-state index is 14.4. The minimum Gasteiger partial charge on any atom is -0.360 e.